The number of aromatic nitrogens is 3. The summed E-state index contributed by atoms with van der Waals surface area (Å²) in [5, 5.41) is 15.0. The lowest BCUT2D eigenvalue weighted by Gasteiger charge is -2.59. The van der Waals surface area contributed by atoms with Crippen LogP contribution >= 0.6 is 23.2 Å². The van der Waals surface area contributed by atoms with Gasteiger partial charge in [-0.3, -0.25) is 4.98 Å². The van der Waals surface area contributed by atoms with E-state index in [0.717, 1.165) is 55.8 Å². The van der Waals surface area contributed by atoms with Crippen molar-refractivity contribution in [3.8, 4) is 17.0 Å². The highest BCUT2D eigenvalue weighted by Gasteiger charge is 2.51. The van der Waals surface area contributed by atoms with Crippen molar-refractivity contribution in [2.45, 2.75) is 31.6 Å². The van der Waals surface area contributed by atoms with E-state index in [1.54, 1.807) is 12.4 Å². The number of anilines is 1. The molecule has 7 rings (SSSR count). The fraction of sp³-hybridized carbons (Fsp3) is 0.333. The van der Waals surface area contributed by atoms with Crippen LogP contribution in [0.25, 0.3) is 28.2 Å². The van der Waals surface area contributed by atoms with Gasteiger partial charge in [0.25, 0.3) is 0 Å². The third kappa shape index (κ3) is 4.51. The predicted octanol–water partition coefficient (Wildman–Crippen LogP) is 7.24. The Morgan fingerprint density at radius 3 is 2.59 bits per heavy atom. The Balaban J connectivity index is 1.07. The van der Waals surface area contributed by atoms with Gasteiger partial charge in [0.1, 0.15) is 22.7 Å². The van der Waals surface area contributed by atoms with Gasteiger partial charge >= 0.3 is 5.97 Å². The van der Waals surface area contributed by atoms with Gasteiger partial charge < -0.3 is 19.3 Å². The molecule has 1 N–H and O–H groups in total. The normalized spacial score (nSPS) is 18.2. The number of ether oxygens (including phenoxy) is 1. The summed E-state index contributed by atoms with van der Waals surface area (Å²) < 4.78 is 26.1. The summed E-state index contributed by atoms with van der Waals surface area (Å²) in [5.74, 6) is 0.131. The lowest BCUT2D eigenvalue weighted by Crippen LogP contribution is -2.62. The molecule has 4 aromatic rings. The van der Waals surface area contributed by atoms with Crippen molar-refractivity contribution in [1.82, 2.24) is 15.1 Å². The van der Waals surface area contributed by atoms with Crippen LogP contribution in [0.2, 0.25) is 10.0 Å². The lowest BCUT2D eigenvalue weighted by molar-refractivity contribution is 0.0485. The van der Waals surface area contributed by atoms with Gasteiger partial charge in [-0.05, 0) is 43.7 Å². The molecule has 11 heteroatoms. The highest BCUT2D eigenvalue weighted by molar-refractivity contribution is 6.39. The van der Waals surface area contributed by atoms with Crippen molar-refractivity contribution < 1.29 is 23.6 Å². The van der Waals surface area contributed by atoms with E-state index in [0.29, 0.717) is 38.5 Å². The van der Waals surface area contributed by atoms with Crippen LogP contribution in [-0.2, 0) is 0 Å². The number of fused-ring (bicyclic) bond motifs is 1. The van der Waals surface area contributed by atoms with Gasteiger partial charge in [0.15, 0.2) is 11.5 Å². The van der Waals surface area contributed by atoms with Gasteiger partial charge in [-0.2, -0.15) is 0 Å². The quantitative estimate of drug-likeness (QED) is 0.239. The van der Waals surface area contributed by atoms with E-state index in [2.05, 4.69) is 32.2 Å². The van der Waals surface area contributed by atoms with E-state index >= 15 is 4.39 Å². The predicted molar refractivity (Wildman–Crippen MR) is 153 cm³/mol. The molecule has 0 amide bonds. The maximum absolute atomic E-state index is 15.0. The largest absolute Gasteiger partial charge is 0.496 e. The molecule has 0 atom stereocenters. The van der Waals surface area contributed by atoms with Crippen molar-refractivity contribution in [3.63, 3.8) is 0 Å². The summed E-state index contributed by atoms with van der Waals surface area (Å²) in [6, 6.07) is 4.56. The fourth-order valence-electron chi connectivity index (χ4n) is 6.26. The number of nitrogens with zero attached hydrogens (tertiary/aromatic N) is 4. The Bertz CT molecular complexity index is 1720. The average molecular weight is 595 g/mol. The van der Waals surface area contributed by atoms with Crippen LogP contribution in [0.3, 0.4) is 0 Å². The second-order valence-electron chi connectivity index (χ2n) is 11.3. The number of hydrogen-bond donors (Lipinski definition) is 1. The van der Waals surface area contributed by atoms with Crippen LogP contribution in [0.15, 0.2) is 41.2 Å². The fourth-order valence-corrected chi connectivity index (χ4v) is 6.80. The molecule has 1 aromatic carbocycles. The van der Waals surface area contributed by atoms with Crippen LogP contribution in [0.4, 0.5) is 10.1 Å². The van der Waals surface area contributed by atoms with Gasteiger partial charge in [-0.25, -0.2) is 14.2 Å². The van der Waals surface area contributed by atoms with Crippen molar-refractivity contribution in [2.75, 3.05) is 25.1 Å². The zero-order valence-corrected chi connectivity index (χ0v) is 23.5. The lowest BCUT2D eigenvalue weighted by atomic mass is 9.57. The Kier molecular flexibility index (Phi) is 6.21. The third-order valence-corrected chi connectivity index (χ3v) is 8.96. The van der Waals surface area contributed by atoms with E-state index in [9.17, 15) is 9.90 Å². The Hall–Kier alpha value is -3.69. The van der Waals surface area contributed by atoms with Crippen molar-refractivity contribution in [3.05, 3.63) is 69.5 Å². The molecule has 1 spiro atoms. The number of hydrogen-bond acceptors (Lipinski definition) is 7. The maximum atomic E-state index is 15.0. The number of allylic oxidation sites excluding steroid dienone is 1. The molecule has 3 aliphatic rings. The number of carboxylic acid groups (broad SMARTS) is 1. The number of carbonyl (C=O) groups is 1. The van der Waals surface area contributed by atoms with Crippen LogP contribution in [0.5, 0.6) is 5.75 Å². The Morgan fingerprint density at radius 2 is 1.93 bits per heavy atom. The molecular formula is C30H25Cl2FN4O4. The average Bonchev–Trinajstić information content (AvgIpc) is 3.66. The van der Waals surface area contributed by atoms with Gasteiger partial charge in [-0.15, -0.1) is 0 Å². The van der Waals surface area contributed by atoms with Crippen LogP contribution in [0.1, 0.15) is 53.4 Å². The highest BCUT2D eigenvalue weighted by Crippen LogP contribution is 2.54. The van der Waals surface area contributed by atoms with Crippen molar-refractivity contribution in [2.24, 2.45) is 11.3 Å². The van der Waals surface area contributed by atoms with Gasteiger partial charge in [0.05, 0.1) is 17.2 Å². The molecule has 1 saturated heterocycles. The van der Waals surface area contributed by atoms with E-state index < -0.39 is 11.8 Å². The molecule has 1 aliphatic heterocycles. The monoisotopic (exact) mass is 594 g/mol. The van der Waals surface area contributed by atoms with Crippen LogP contribution in [-0.4, -0.2) is 46.4 Å². The zero-order valence-electron chi connectivity index (χ0n) is 22.0. The first-order valence-corrected chi connectivity index (χ1v) is 14.1. The van der Waals surface area contributed by atoms with Crippen molar-refractivity contribution >= 4 is 51.8 Å². The molecule has 8 nitrogen and oxygen atoms in total. The minimum atomic E-state index is -1.24. The molecule has 0 unspecified atom stereocenters. The second kappa shape index (κ2) is 9.70. The summed E-state index contributed by atoms with van der Waals surface area (Å²) in [4.78, 5) is 21.6. The standard InChI is InChI=1S/C30H25Cl2FN4O4/c1-40-24-8-23(29(38)39)35-26-19(24)6-17(7-22(26)33)37-13-30(14-37)9-15(10-30)2-5-18-27(36-41-28(18)16-3-4-16)25-20(31)11-34-12-21(25)32/h2,5-8,11-12,15-16H,3-4,9-10,13-14H2,1H3,(H,38,39). The number of aromatic carboxylic acids is 1. The van der Waals surface area contributed by atoms with Crippen LogP contribution in [0, 0.1) is 17.2 Å². The minimum Gasteiger partial charge on any atom is -0.496 e. The Morgan fingerprint density at radius 1 is 1.20 bits per heavy atom. The molecule has 41 heavy (non-hydrogen) atoms. The van der Waals surface area contributed by atoms with Crippen molar-refractivity contribution in [1.29, 1.82) is 0 Å². The van der Waals surface area contributed by atoms with Gasteiger partial charge in [0, 0.05) is 65.1 Å². The molecule has 2 saturated carbocycles. The second-order valence-corrected chi connectivity index (χ2v) is 12.1. The topological polar surface area (TPSA) is 102 Å². The van der Waals surface area contributed by atoms with E-state index in [4.69, 9.17) is 32.5 Å². The maximum Gasteiger partial charge on any atom is 0.354 e. The number of halogens is 3. The number of benzene rings is 1. The zero-order chi connectivity index (χ0) is 28.5. The number of carboxylic acids is 1. The van der Waals surface area contributed by atoms with E-state index in [1.165, 1.54) is 19.2 Å². The first kappa shape index (κ1) is 26.2. The molecule has 4 heterocycles. The summed E-state index contributed by atoms with van der Waals surface area (Å²) in [6.45, 7) is 1.64. The smallest absolute Gasteiger partial charge is 0.354 e. The number of rotatable bonds is 7. The molecule has 0 radical (unpaired) electrons. The molecule has 2 aliphatic carbocycles. The first-order valence-electron chi connectivity index (χ1n) is 13.4. The van der Waals surface area contributed by atoms with E-state index in [1.807, 2.05) is 6.07 Å². The number of pyridine rings is 2. The van der Waals surface area contributed by atoms with Crippen LogP contribution < -0.4 is 9.64 Å². The molecule has 3 fully saturated rings. The summed E-state index contributed by atoms with van der Waals surface area (Å²) in [7, 11) is 1.43. The molecule has 210 valence electrons. The minimum absolute atomic E-state index is 0.0115. The summed E-state index contributed by atoms with van der Waals surface area (Å²) in [5.41, 5.74) is 2.85. The highest BCUT2D eigenvalue weighted by atomic mass is 35.5. The summed E-state index contributed by atoms with van der Waals surface area (Å²) in [6.07, 6.45) is 11.6. The first-order chi connectivity index (χ1) is 19.7. The number of methoxy groups -OCH3 is 1. The SMILES string of the molecule is COc1cc(C(=O)O)nc2c(F)cc(N3CC4(CC(C=Cc5c(-c6c(Cl)cncc6Cl)noc5C5CC5)C4)C3)cc12. The summed E-state index contributed by atoms with van der Waals surface area (Å²) >= 11 is 12.9. The van der Waals surface area contributed by atoms with E-state index in [-0.39, 0.29) is 22.4 Å². The molecule has 0 bridgehead atoms. The van der Waals surface area contributed by atoms with Gasteiger partial charge in [0.2, 0.25) is 0 Å². The molecule has 3 aromatic heterocycles. The Labute approximate surface area is 244 Å². The molecular weight excluding hydrogens is 570 g/mol. The third-order valence-electron chi connectivity index (χ3n) is 8.39. The van der Waals surface area contributed by atoms with Gasteiger partial charge in [-0.1, -0.05) is 40.5 Å².